The number of carboxylic acid groups (broad SMARTS) is 1. The van der Waals surface area contributed by atoms with E-state index in [1.54, 1.807) is 0 Å². The van der Waals surface area contributed by atoms with Crippen LogP contribution >= 0.6 is 0 Å². The Balaban J connectivity index is 2.01. The van der Waals surface area contributed by atoms with E-state index in [2.05, 4.69) is 11.8 Å². The summed E-state index contributed by atoms with van der Waals surface area (Å²) in [5.41, 5.74) is 4.98. The molecule has 4 heteroatoms. The van der Waals surface area contributed by atoms with Gasteiger partial charge in [-0.25, -0.2) is 0 Å². The standard InChI is InChI=1S/C13H24N2O2/c1-10-5-3-2-4-8-15(10)11-6-7-13(14,9-11)12(16)17/h10-11H,2-9,14H2,1H3,(H,16,17). The van der Waals surface area contributed by atoms with Gasteiger partial charge in [0.1, 0.15) is 5.54 Å². The topological polar surface area (TPSA) is 66.6 Å². The number of carboxylic acids is 1. The maximum atomic E-state index is 11.2. The van der Waals surface area contributed by atoms with E-state index in [-0.39, 0.29) is 0 Å². The summed E-state index contributed by atoms with van der Waals surface area (Å²) < 4.78 is 0. The lowest BCUT2D eigenvalue weighted by atomic mass is 9.99. The Morgan fingerprint density at radius 2 is 2.12 bits per heavy atom. The van der Waals surface area contributed by atoms with Crippen molar-refractivity contribution >= 4 is 5.97 Å². The van der Waals surface area contributed by atoms with E-state index in [1.807, 2.05) is 0 Å². The summed E-state index contributed by atoms with van der Waals surface area (Å²) in [7, 11) is 0. The zero-order chi connectivity index (χ0) is 12.5. The first kappa shape index (κ1) is 12.8. The van der Waals surface area contributed by atoms with E-state index in [1.165, 1.54) is 25.7 Å². The Hall–Kier alpha value is -0.610. The van der Waals surface area contributed by atoms with Gasteiger partial charge in [-0.3, -0.25) is 9.69 Å². The van der Waals surface area contributed by atoms with Crippen LogP contribution in [-0.4, -0.2) is 40.1 Å². The van der Waals surface area contributed by atoms with Crippen LogP contribution in [0.1, 0.15) is 51.9 Å². The van der Waals surface area contributed by atoms with Gasteiger partial charge in [0, 0.05) is 12.1 Å². The highest BCUT2D eigenvalue weighted by Crippen LogP contribution is 2.34. The molecule has 3 N–H and O–H groups in total. The van der Waals surface area contributed by atoms with Gasteiger partial charge in [0.05, 0.1) is 0 Å². The van der Waals surface area contributed by atoms with Gasteiger partial charge in [0.25, 0.3) is 0 Å². The van der Waals surface area contributed by atoms with Crippen molar-refractivity contribution in [2.24, 2.45) is 5.73 Å². The summed E-state index contributed by atoms with van der Waals surface area (Å²) in [5, 5.41) is 9.17. The molecular formula is C13H24N2O2. The predicted octanol–water partition coefficient (Wildman–Crippen LogP) is 1.59. The Morgan fingerprint density at radius 3 is 2.76 bits per heavy atom. The van der Waals surface area contributed by atoms with Gasteiger partial charge in [0.2, 0.25) is 0 Å². The van der Waals surface area contributed by atoms with E-state index in [0.717, 1.165) is 13.0 Å². The fraction of sp³-hybridized carbons (Fsp3) is 0.923. The molecule has 1 heterocycles. The molecule has 1 aliphatic carbocycles. The summed E-state index contributed by atoms with van der Waals surface area (Å²) in [4.78, 5) is 13.7. The Labute approximate surface area is 103 Å². The first-order valence-corrected chi connectivity index (χ1v) is 6.81. The summed E-state index contributed by atoms with van der Waals surface area (Å²) in [6, 6.07) is 0.961. The normalized spacial score (nSPS) is 40.1. The average molecular weight is 240 g/mol. The van der Waals surface area contributed by atoms with Gasteiger partial charge in [-0.05, 0) is 45.6 Å². The molecule has 1 saturated carbocycles. The van der Waals surface area contributed by atoms with Gasteiger partial charge < -0.3 is 10.8 Å². The van der Waals surface area contributed by atoms with Crippen molar-refractivity contribution in [3.05, 3.63) is 0 Å². The molecule has 1 saturated heterocycles. The van der Waals surface area contributed by atoms with Crippen LogP contribution in [0.25, 0.3) is 0 Å². The molecule has 0 radical (unpaired) electrons. The molecule has 2 aliphatic rings. The van der Waals surface area contributed by atoms with Gasteiger partial charge in [-0.15, -0.1) is 0 Å². The molecule has 17 heavy (non-hydrogen) atoms. The van der Waals surface area contributed by atoms with Crippen LogP contribution in [0.2, 0.25) is 0 Å². The van der Waals surface area contributed by atoms with Crippen LogP contribution in [0.5, 0.6) is 0 Å². The van der Waals surface area contributed by atoms with E-state index in [9.17, 15) is 4.79 Å². The molecule has 3 atom stereocenters. The molecule has 0 amide bonds. The maximum Gasteiger partial charge on any atom is 0.323 e. The lowest BCUT2D eigenvalue weighted by Crippen LogP contribution is -2.48. The number of hydrogen-bond acceptors (Lipinski definition) is 3. The van der Waals surface area contributed by atoms with Gasteiger partial charge in [0.15, 0.2) is 0 Å². The Bertz CT molecular complexity index is 295. The smallest absolute Gasteiger partial charge is 0.323 e. The van der Waals surface area contributed by atoms with Crippen molar-refractivity contribution in [3.8, 4) is 0 Å². The summed E-state index contributed by atoms with van der Waals surface area (Å²) in [6.45, 7) is 3.38. The minimum atomic E-state index is -0.976. The Morgan fingerprint density at radius 1 is 1.35 bits per heavy atom. The molecule has 1 aliphatic heterocycles. The maximum absolute atomic E-state index is 11.2. The number of rotatable bonds is 2. The number of nitrogens with two attached hydrogens (primary N) is 1. The van der Waals surface area contributed by atoms with Crippen LogP contribution < -0.4 is 5.73 Å². The molecule has 0 aromatic carbocycles. The summed E-state index contributed by atoms with van der Waals surface area (Å²) in [6.07, 6.45) is 7.26. The fourth-order valence-electron chi connectivity index (χ4n) is 3.37. The van der Waals surface area contributed by atoms with Crippen molar-refractivity contribution < 1.29 is 9.90 Å². The van der Waals surface area contributed by atoms with Crippen LogP contribution in [0.3, 0.4) is 0 Å². The van der Waals surface area contributed by atoms with Gasteiger partial charge in [-0.2, -0.15) is 0 Å². The largest absolute Gasteiger partial charge is 0.480 e. The van der Waals surface area contributed by atoms with Crippen LogP contribution in [0.15, 0.2) is 0 Å². The molecule has 98 valence electrons. The number of nitrogens with zero attached hydrogens (tertiary/aromatic N) is 1. The first-order valence-electron chi connectivity index (χ1n) is 6.81. The number of carbonyl (C=O) groups is 1. The van der Waals surface area contributed by atoms with Gasteiger partial charge in [-0.1, -0.05) is 12.8 Å². The first-order chi connectivity index (χ1) is 8.03. The minimum Gasteiger partial charge on any atom is -0.480 e. The highest BCUT2D eigenvalue weighted by atomic mass is 16.4. The fourth-order valence-corrected chi connectivity index (χ4v) is 3.37. The second-order valence-corrected chi connectivity index (χ2v) is 5.79. The van der Waals surface area contributed by atoms with E-state index in [4.69, 9.17) is 10.8 Å². The third-order valence-corrected chi connectivity index (χ3v) is 4.52. The van der Waals surface area contributed by atoms with Crippen molar-refractivity contribution in [1.29, 1.82) is 0 Å². The summed E-state index contributed by atoms with van der Waals surface area (Å²) in [5.74, 6) is -0.831. The van der Waals surface area contributed by atoms with E-state index < -0.39 is 11.5 Å². The van der Waals surface area contributed by atoms with Crippen molar-refractivity contribution in [2.45, 2.75) is 69.5 Å². The monoisotopic (exact) mass is 240 g/mol. The third-order valence-electron chi connectivity index (χ3n) is 4.52. The molecule has 2 fully saturated rings. The molecule has 3 unspecified atom stereocenters. The quantitative estimate of drug-likeness (QED) is 0.769. The van der Waals surface area contributed by atoms with E-state index in [0.29, 0.717) is 24.9 Å². The predicted molar refractivity (Wildman–Crippen MR) is 66.8 cm³/mol. The minimum absolute atomic E-state index is 0.379. The van der Waals surface area contributed by atoms with Gasteiger partial charge >= 0.3 is 5.97 Å². The molecule has 0 spiro atoms. The average Bonchev–Trinajstić information content (AvgIpc) is 2.54. The SMILES string of the molecule is CC1CCCCCN1C1CCC(N)(C(=O)O)C1. The number of likely N-dealkylation sites (tertiary alicyclic amines) is 1. The third kappa shape index (κ3) is 2.63. The second-order valence-electron chi connectivity index (χ2n) is 5.79. The zero-order valence-corrected chi connectivity index (χ0v) is 10.7. The lowest BCUT2D eigenvalue weighted by molar-refractivity contribution is -0.143. The highest BCUT2D eigenvalue weighted by molar-refractivity contribution is 5.79. The van der Waals surface area contributed by atoms with Crippen LogP contribution in [0, 0.1) is 0 Å². The zero-order valence-electron chi connectivity index (χ0n) is 10.7. The van der Waals surface area contributed by atoms with Crippen LogP contribution in [-0.2, 0) is 4.79 Å². The van der Waals surface area contributed by atoms with Crippen molar-refractivity contribution in [1.82, 2.24) is 4.90 Å². The van der Waals surface area contributed by atoms with E-state index >= 15 is 0 Å². The molecular weight excluding hydrogens is 216 g/mol. The second kappa shape index (κ2) is 4.94. The highest BCUT2D eigenvalue weighted by Gasteiger charge is 2.44. The molecule has 4 nitrogen and oxygen atoms in total. The molecule has 0 aromatic heterocycles. The number of aliphatic carboxylic acids is 1. The molecule has 0 aromatic rings. The van der Waals surface area contributed by atoms with Crippen molar-refractivity contribution in [2.75, 3.05) is 6.54 Å². The molecule has 0 bridgehead atoms. The Kier molecular flexibility index (Phi) is 3.73. The molecule has 2 rings (SSSR count). The lowest BCUT2D eigenvalue weighted by Gasteiger charge is -2.33. The summed E-state index contributed by atoms with van der Waals surface area (Å²) >= 11 is 0. The number of hydrogen-bond donors (Lipinski definition) is 2. The van der Waals surface area contributed by atoms with Crippen molar-refractivity contribution in [3.63, 3.8) is 0 Å². The van der Waals surface area contributed by atoms with Crippen LogP contribution in [0.4, 0.5) is 0 Å².